The molecule has 26 heavy (non-hydrogen) atoms. The van der Waals surface area contributed by atoms with Crippen molar-refractivity contribution in [2.75, 3.05) is 31.9 Å². The van der Waals surface area contributed by atoms with E-state index in [4.69, 9.17) is 0 Å². The summed E-state index contributed by atoms with van der Waals surface area (Å²) in [6.45, 7) is 10.4. The zero-order valence-corrected chi connectivity index (χ0v) is 17.2. The number of fused-ring (bicyclic) bond motifs is 1. The van der Waals surface area contributed by atoms with Gasteiger partial charge in [0.15, 0.2) is 0 Å². The van der Waals surface area contributed by atoms with E-state index in [0.29, 0.717) is 31.9 Å². The van der Waals surface area contributed by atoms with E-state index in [1.807, 2.05) is 23.6 Å². The molecule has 0 radical (unpaired) electrons. The number of amides is 2. The molecule has 0 aliphatic carbocycles. The van der Waals surface area contributed by atoms with Gasteiger partial charge in [-0.2, -0.15) is 0 Å². The summed E-state index contributed by atoms with van der Waals surface area (Å²) in [5.41, 5.74) is 1.20. The molecule has 0 aromatic carbocycles. The van der Waals surface area contributed by atoms with Crippen molar-refractivity contribution in [3.05, 3.63) is 16.8 Å². The largest absolute Gasteiger partial charge is 0.339 e. The van der Waals surface area contributed by atoms with Gasteiger partial charge in [-0.1, -0.05) is 25.6 Å². The maximum absolute atomic E-state index is 12.6. The Balaban J connectivity index is 1.60. The quantitative estimate of drug-likeness (QED) is 0.591. The molecule has 3 heterocycles. The van der Waals surface area contributed by atoms with Crippen molar-refractivity contribution < 1.29 is 9.59 Å². The van der Waals surface area contributed by atoms with Crippen LogP contribution < -0.4 is 0 Å². The molecule has 8 heteroatoms. The minimum absolute atomic E-state index is 0.00490. The third-order valence-electron chi connectivity index (χ3n) is 4.70. The van der Waals surface area contributed by atoms with Crippen LogP contribution in [-0.2, 0) is 9.59 Å². The van der Waals surface area contributed by atoms with Crippen LogP contribution in [-0.4, -0.2) is 63.5 Å². The minimum atomic E-state index is 0.00490. The molecule has 3 rings (SSSR count). The second-order valence-electron chi connectivity index (χ2n) is 6.79. The minimum Gasteiger partial charge on any atom is -0.339 e. The van der Waals surface area contributed by atoms with Crippen LogP contribution in [0.1, 0.15) is 24.3 Å². The molecule has 1 saturated heterocycles. The highest BCUT2D eigenvalue weighted by Gasteiger charge is 2.25. The highest BCUT2D eigenvalue weighted by Crippen LogP contribution is 2.34. The standard InChI is InChI=1S/C18H24N4O2S2/c1-11(2)18(24)22-7-5-21(6-8-22)14(23)9-25-16-15-12(3)13(4)26-17(15)20-10-19-16/h10-11H,5-9H2,1-4H3. The van der Waals surface area contributed by atoms with Crippen molar-refractivity contribution in [3.8, 4) is 0 Å². The summed E-state index contributed by atoms with van der Waals surface area (Å²) in [6, 6.07) is 0. The van der Waals surface area contributed by atoms with E-state index in [9.17, 15) is 9.59 Å². The van der Waals surface area contributed by atoms with Crippen LogP contribution in [0.3, 0.4) is 0 Å². The second-order valence-corrected chi connectivity index (χ2v) is 8.96. The summed E-state index contributed by atoms with van der Waals surface area (Å²) in [5, 5.41) is 1.94. The van der Waals surface area contributed by atoms with Gasteiger partial charge >= 0.3 is 0 Å². The molecule has 6 nitrogen and oxygen atoms in total. The number of carbonyl (C=O) groups excluding carboxylic acids is 2. The van der Waals surface area contributed by atoms with Crippen LogP contribution >= 0.6 is 23.1 Å². The Morgan fingerprint density at radius 1 is 1.15 bits per heavy atom. The first-order valence-electron chi connectivity index (χ1n) is 8.78. The maximum Gasteiger partial charge on any atom is 0.233 e. The van der Waals surface area contributed by atoms with Crippen LogP contribution in [0, 0.1) is 19.8 Å². The highest BCUT2D eigenvalue weighted by atomic mass is 32.2. The van der Waals surface area contributed by atoms with Gasteiger partial charge < -0.3 is 9.80 Å². The number of piperazine rings is 1. The molecule has 1 fully saturated rings. The summed E-state index contributed by atoms with van der Waals surface area (Å²) in [4.78, 5) is 39.3. The Hall–Kier alpha value is -1.67. The van der Waals surface area contributed by atoms with Gasteiger partial charge in [0.2, 0.25) is 11.8 Å². The molecule has 1 aliphatic rings. The third kappa shape index (κ3) is 3.86. The topological polar surface area (TPSA) is 66.4 Å². The fourth-order valence-electron chi connectivity index (χ4n) is 3.02. The number of rotatable bonds is 4. The van der Waals surface area contributed by atoms with Crippen molar-refractivity contribution in [2.24, 2.45) is 5.92 Å². The van der Waals surface area contributed by atoms with Crippen LogP contribution in [0.2, 0.25) is 0 Å². The van der Waals surface area contributed by atoms with Crippen molar-refractivity contribution in [3.63, 3.8) is 0 Å². The molecule has 0 saturated carbocycles. The molecular formula is C18H24N4O2S2. The molecule has 0 atom stereocenters. The number of thioether (sulfide) groups is 1. The van der Waals surface area contributed by atoms with E-state index >= 15 is 0 Å². The van der Waals surface area contributed by atoms with Gasteiger partial charge in [-0.25, -0.2) is 9.97 Å². The SMILES string of the molecule is Cc1sc2ncnc(SCC(=O)N3CCN(C(=O)C(C)C)CC3)c2c1C. The van der Waals surface area contributed by atoms with Gasteiger partial charge in [0.25, 0.3) is 0 Å². The zero-order chi connectivity index (χ0) is 18.8. The summed E-state index contributed by atoms with van der Waals surface area (Å²) < 4.78 is 0. The Labute approximate surface area is 162 Å². The van der Waals surface area contributed by atoms with E-state index in [1.54, 1.807) is 17.7 Å². The molecule has 0 spiro atoms. The lowest BCUT2D eigenvalue weighted by Gasteiger charge is -2.35. The van der Waals surface area contributed by atoms with Crippen LogP contribution in [0.5, 0.6) is 0 Å². The second kappa shape index (κ2) is 7.92. The molecule has 0 bridgehead atoms. The third-order valence-corrected chi connectivity index (χ3v) is 6.79. The Morgan fingerprint density at radius 3 is 2.46 bits per heavy atom. The molecule has 0 N–H and O–H groups in total. The molecule has 2 aromatic rings. The van der Waals surface area contributed by atoms with E-state index in [1.165, 1.54) is 22.2 Å². The lowest BCUT2D eigenvalue weighted by Crippen LogP contribution is -2.51. The lowest BCUT2D eigenvalue weighted by atomic mass is 10.1. The smallest absolute Gasteiger partial charge is 0.233 e. The normalized spacial score (nSPS) is 15.1. The number of thiophene rings is 1. The van der Waals surface area contributed by atoms with Gasteiger partial charge in [-0.3, -0.25) is 9.59 Å². The molecule has 140 valence electrons. The molecular weight excluding hydrogens is 368 g/mol. The van der Waals surface area contributed by atoms with Gasteiger partial charge in [-0.15, -0.1) is 11.3 Å². The van der Waals surface area contributed by atoms with Crippen LogP contribution in [0.15, 0.2) is 11.4 Å². The molecule has 1 aliphatic heterocycles. The Kier molecular flexibility index (Phi) is 5.82. The predicted molar refractivity (Wildman–Crippen MR) is 106 cm³/mol. The summed E-state index contributed by atoms with van der Waals surface area (Å²) in [7, 11) is 0. The number of hydrogen-bond donors (Lipinski definition) is 0. The van der Waals surface area contributed by atoms with Crippen LogP contribution in [0.25, 0.3) is 10.2 Å². The first-order valence-corrected chi connectivity index (χ1v) is 10.6. The van der Waals surface area contributed by atoms with E-state index in [-0.39, 0.29) is 17.7 Å². The fourth-order valence-corrected chi connectivity index (χ4v) is 5.04. The number of aryl methyl sites for hydroxylation is 2. The molecule has 2 aromatic heterocycles. The van der Waals surface area contributed by atoms with Gasteiger partial charge in [-0.05, 0) is 19.4 Å². The average Bonchev–Trinajstić information content (AvgIpc) is 2.93. The number of nitrogens with zero attached hydrogens (tertiary/aromatic N) is 4. The zero-order valence-electron chi connectivity index (χ0n) is 15.6. The van der Waals surface area contributed by atoms with Gasteiger partial charge in [0.05, 0.1) is 5.75 Å². The van der Waals surface area contributed by atoms with Crippen molar-refractivity contribution >= 4 is 45.1 Å². The fraction of sp³-hybridized carbons (Fsp3) is 0.556. The average molecular weight is 393 g/mol. The summed E-state index contributed by atoms with van der Waals surface area (Å²) in [6.07, 6.45) is 1.57. The van der Waals surface area contributed by atoms with Crippen molar-refractivity contribution in [2.45, 2.75) is 32.7 Å². The Bertz CT molecular complexity index is 826. The summed E-state index contributed by atoms with van der Waals surface area (Å²) >= 11 is 3.14. The monoisotopic (exact) mass is 392 g/mol. The molecule has 0 unspecified atom stereocenters. The van der Waals surface area contributed by atoms with Gasteiger partial charge in [0, 0.05) is 42.4 Å². The van der Waals surface area contributed by atoms with Gasteiger partial charge in [0.1, 0.15) is 16.2 Å². The van der Waals surface area contributed by atoms with Crippen molar-refractivity contribution in [1.29, 1.82) is 0 Å². The van der Waals surface area contributed by atoms with Crippen LogP contribution in [0.4, 0.5) is 0 Å². The first kappa shape index (κ1) is 19.1. The number of aromatic nitrogens is 2. The number of carbonyl (C=O) groups is 2. The molecule has 2 amide bonds. The number of hydrogen-bond acceptors (Lipinski definition) is 6. The van der Waals surface area contributed by atoms with E-state index in [0.717, 1.165) is 15.2 Å². The van der Waals surface area contributed by atoms with E-state index in [2.05, 4.69) is 23.8 Å². The highest BCUT2D eigenvalue weighted by molar-refractivity contribution is 8.00. The summed E-state index contributed by atoms with van der Waals surface area (Å²) in [5.74, 6) is 0.630. The lowest BCUT2D eigenvalue weighted by molar-refractivity contribution is -0.140. The Morgan fingerprint density at radius 2 is 1.81 bits per heavy atom. The maximum atomic E-state index is 12.6. The first-order chi connectivity index (χ1) is 12.4. The van der Waals surface area contributed by atoms with E-state index < -0.39 is 0 Å². The van der Waals surface area contributed by atoms with Crippen molar-refractivity contribution in [1.82, 2.24) is 19.8 Å². The predicted octanol–water partition coefficient (Wildman–Crippen LogP) is 2.73.